The first-order valence-corrected chi connectivity index (χ1v) is 12.4. The maximum Gasteiger partial charge on any atom is 0.261 e. The van der Waals surface area contributed by atoms with Crippen LogP contribution in [-0.2, 0) is 16.1 Å². The van der Waals surface area contributed by atoms with E-state index in [2.05, 4.69) is 5.32 Å². The second kappa shape index (κ2) is 12.5. The Morgan fingerprint density at radius 1 is 1.06 bits per heavy atom. The summed E-state index contributed by atoms with van der Waals surface area (Å²) in [6.07, 6.45) is 5.81. The molecule has 1 fully saturated rings. The lowest BCUT2D eigenvalue weighted by atomic mass is 9.95. The zero-order chi connectivity index (χ0) is 23.8. The third-order valence-corrected chi connectivity index (χ3v) is 6.78. The van der Waals surface area contributed by atoms with Crippen molar-refractivity contribution in [3.63, 3.8) is 0 Å². The summed E-state index contributed by atoms with van der Waals surface area (Å²) in [5.41, 5.74) is 0.705. The number of carbonyl (C=O) groups excluding carboxylic acids is 2. The van der Waals surface area contributed by atoms with Crippen LogP contribution in [0.4, 0.5) is 0 Å². The summed E-state index contributed by atoms with van der Waals surface area (Å²) in [6, 6.07) is 11.6. The minimum Gasteiger partial charge on any atom is -0.482 e. The molecule has 1 N–H and O–H groups in total. The Bertz CT molecular complexity index is 964. The van der Waals surface area contributed by atoms with E-state index in [9.17, 15) is 9.59 Å². The summed E-state index contributed by atoms with van der Waals surface area (Å²) in [4.78, 5) is 28.1. The molecule has 1 atom stereocenters. The van der Waals surface area contributed by atoms with Gasteiger partial charge in [0.15, 0.2) is 6.61 Å². The van der Waals surface area contributed by atoms with Crippen LogP contribution < -0.4 is 10.1 Å². The molecule has 0 unspecified atom stereocenters. The van der Waals surface area contributed by atoms with Crippen LogP contribution >= 0.6 is 34.8 Å². The van der Waals surface area contributed by atoms with Crippen LogP contribution in [-0.4, -0.2) is 35.4 Å². The summed E-state index contributed by atoms with van der Waals surface area (Å²) >= 11 is 18.6. The average Bonchev–Trinajstić information content (AvgIpc) is 2.80. The number of rotatable bonds is 9. The Hall–Kier alpha value is -1.95. The zero-order valence-electron chi connectivity index (χ0n) is 18.7. The Kier molecular flexibility index (Phi) is 9.72. The number of hydrogen-bond acceptors (Lipinski definition) is 3. The fraction of sp³-hybridized carbons (Fsp3) is 0.440. The molecule has 1 saturated carbocycles. The number of ether oxygens (including phenoxy) is 1. The third kappa shape index (κ3) is 7.26. The van der Waals surface area contributed by atoms with E-state index in [1.54, 1.807) is 42.5 Å². The summed E-state index contributed by atoms with van der Waals surface area (Å²) in [5, 5.41) is 4.51. The van der Waals surface area contributed by atoms with Crippen LogP contribution in [0.5, 0.6) is 5.75 Å². The quantitative estimate of drug-likeness (QED) is 0.431. The molecule has 5 nitrogen and oxygen atoms in total. The monoisotopic (exact) mass is 510 g/mol. The van der Waals surface area contributed by atoms with Crippen molar-refractivity contribution in [2.24, 2.45) is 0 Å². The molecular formula is C25H29Cl3N2O3. The van der Waals surface area contributed by atoms with Crippen LogP contribution in [0.3, 0.4) is 0 Å². The molecular weight excluding hydrogens is 483 g/mol. The van der Waals surface area contributed by atoms with Crippen LogP contribution in [0.15, 0.2) is 42.5 Å². The van der Waals surface area contributed by atoms with E-state index in [1.165, 1.54) is 11.3 Å². The summed E-state index contributed by atoms with van der Waals surface area (Å²) in [7, 11) is 0. The number of para-hydroxylation sites is 1. The van der Waals surface area contributed by atoms with Crippen molar-refractivity contribution in [1.29, 1.82) is 0 Å². The topological polar surface area (TPSA) is 58.6 Å². The van der Waals surface area contributed by atoms with Crippen molar-refractivity contribution in [1.82, 2.24) is 10.2 Å². The van der Waals surface area contributed by atoms with Gasteiger partial charge in [-0.25, -0.2) is 0 Å². The summed E-state index contributed by atoms with van der Waals surface area (Å²) in [6.45, 7) is 1.81. The van der Waals surface area contributed by atoms with Gasteiger partial charge in [0.1, 0.15) is 11.8 Å². The first kappa shape index (κ1) is 25.7. The van der Waals surface area contributed by atoms with E-state index < -0.39 is 6.04 Å². The van der Waals surface area contributed by atoms with Gasteiger partial charge in [0.05, 0.1) is 5.02 Å². The number of carbonyl (C=O) groups is 2. The standard InChI is InChI=1S/C25H29Cl3N2O3/c1-2-22(25(32)29-19-8-4-3-5-9-19)30(15-17-12-13-18(26)14-21(17)28)24(31)16-33-23-11-7-6-10-20(23)27/h6-7,10-14,19,22H,2-5,8-9,15-16H2,1H3,(H,29,32)/t22-/m0/s1. The first-order chi connectivity index (χ1) is 15.9. The number of halogens is 3. The predicted molar refractivity (Wildman–Crippen MR) is 133 cm³/mol. The highest BCUT2D eigenvalue weighted by Gasteiger charge is 2.31. The maximum atomic E-state index is 13.3. The zero-order valence-corrected chi connectivity index (χ0v) is 20.9. The van der Waals surface area contributed by atoms with Gasteiger partial charge in [-0.1, -0.05) is 79.2 Å². The highest BCUT2D eigenvalue weighted by Crippen LogP contribution is 2.26. The van der Waals surface area contributed by atoms with Crippen LogP contribution in [0.1, 0.15) is 51.0 Å². The van der Waals surface area contributed by atoms with Crippen molar-refractivity contribution in [2.75, 3.05) is 6.61 Å². The normalized spacial score (nSPS) is 15.0. The van der Waals surface area contributed by atoms with E-state index in [4.69, 9.17) is 39.5 Å². The van der Waals surface area contributed by atoms with Gasteiger partial charge in [-0.05, 0) is 49.1 Å². The molecule has 2 aromatic carbocycles. The molecule has 0 saturated heterocycles. The van der Waals surface area contributed by atoms with Crippen molar-refractivity contribution < 1.29 is 14.3 Å². The second-order valence-electron chi connectivity index (χ2n) is 8.24. The second-order valence-corrected chi connectivity index (χ2v) is 9.49. The summed E-state index contributed by atoms with van der Waals surface area (Å²) in [5.74, 6) is -0.0659. The Morgan fingerprint density at radius 2 is 1.79 bits per heavy atom. The molecule has 0 aliphatic heterocycles. The van der Waals surface area contributed by atoms with E-state index in [0.29, 0.717) is 32.8 Å². The summed E-state index contributed by atoms with van der Waals surface area (Å²) < 4.78 is 5.68. The molecule has 1 aliphatic carbocycles. The van der Waals surface area contributed by atoms with Crippen molar-refractivity contribution in [3.05, 3.63) is 63.1 Å². The molecule has 2 amide bonds. The van der Waals surface area contributed by atoms with E-state index in [1.807, 2.05) is 6.92 Å². The van der Waals surface area contributed by atoms with E-state index in [0.717, 1.165) is 25.7 Å². The Labute approximate surface area is 210 Å². The molecule has 8 heteroatoms. The predicted octanol–water partition coefficient (Wildman–Crippen LogP) is 6.28. The Morgan fingerprint density at radius 3 is 2.45 bits per heavy atom. The van der Waals surface area contributed by atoms with E-state index in [-0.39, 0.29) is 31.0 Å². The van der Waals surface area contributed by atoms with Gasteiger partial charge in [-0.3, -0.25) is 9.59 Å². The minimum absolute atomic E-state index is 0.149. The molecule has 0 spiro atoms. The van der Waals surface area contributed by atoms with Gasteiger partial charge in [-0.2, -0.15) is 0 Å². The van der Waals surface area contributed by atoms with Gasteiger partial charge in [-0.15, -0.1) is 0 Å². The first-order valence-electron chi connectivity index (χ1n) is 11.3. The number of hydrogen-bond donors (Lipinski definition) is 1. The molecule has 0 radical (unpaired) electrons. The van der Waals surface area contributed by atoms with Crippen molar-refractivity contribution >= 4 is 46.6 Å². The highest BCUT2D eigenvalue weighted by atomic mass is 35.5. The van der Waals surface area contributed by atoms with Crippen LogP contribution in [0, 0.1) is 0 Å². The number of nitrogens with zero attached hydrogens (tertiary/aromatic N) is 1. The van der Waals surface area contributed by atoms with Crippen LogP contribution in [0.2, 0.25) is 15.1 Å². The van der Waals surface area contributed by atoms with Gasteiger partial charge in [0, 0.05) is 22.6 Å². The third-order valence-electron chi connectivity index (χ3n) is 5.88. The molecule has 178 valence electrons. The number of nitrogens with one attached hydrogen (secondary N) is 1. The molecule has 1 aliphatic rings. The molecule has 3 rings (SSSR count). The lowest BCUT2D eigenvalue weighted by molar-refractivity contribution is -0.143. The van der Waals surface area contributed by atoms with Gasteiger partial charge in [0.2, 0.25) is 5.91 Å². The lowest BCUT2D eigenvalue weighted by Gasteiger charge is -2.33. The molecule has 0 bridgehead atoms. The largest absolute Gasteiger partial charge is 0.482 e. The molecule has 0 aromatic heterocycles. The fourth-order valence-corrected chi connectivity index (χ4v) is 4.74. The fourth-order valence-electron chi connectivity index (χ4n) is 4.08. The molecule has 2 aromatic rings. The average molecular weight is 512 g/mol. The van der Waals surface area contributed by atoms with Gasteiger partial charge >= 0.3 is 0 Å². The molecule has 33 heavy (non-hydrogen) atoms. The Balaban J connectivity index is 1.79. The number of amides is 2. The molecule has 0 heterocycles. The SMILES string of the molecule is CC[C@@H](C(=O)NC1CCCCC1)N(Cc1ccc(Cl)cc1Cl)C(=O)COc1ccccc1Cl. The maximum absolute atomic E-state index is 13.3. The van der Waals surface area contributed by atoms with E-state index >= 15 is 0 Å². The van der Waals surface area contributed by atoms with Crippen molar-refractivity contribution in [3.8, 4) is 5.75 Å². The highest BCUT2D eigenvalue weighted by molar-refractivity contribution is 6.35. The minimum atomic E-state index is -0.652. The van der Waals surface area contributed by atoms with Crippen molar-refractivity contribution in [2.45, 2.75) is 64.1 Å². The lowest BCUT2D eigenvalue weighted by Crippen LogP contribution is -2.52. The van der Waals surface area contributed by atoms with Crippen LogP contribution in [0.25, 0.3) is 0 Å². The number of benzene rings is 2. The van der Waals surface area contributed by atoms with Gasteiger partial charge < -0.3 is 15.0 Å². The smallest absolute Gasteiger partial charge is 0.261 e. The van der Waals surface area contributed by atoms with Gasteiger partial charge in [0.25, 0.3) is 5.91 Å².